The minimum absolute atomic E-state index is 0.00828. The number of hydrogen-bond acceptors (Lipinski definition) is 7. The van der Waals surface area contributed by atoms with E-state index in [-0.39, 0.29) is 11.9 Å². The predicted molar refractivity (Wildman–Crippen MR) is 150 cm³/mol. The summed E-state index contributed by atoms with van der Waals surface area (Å²) in [6.07, 6.45) is 11.3. The van der Waals surface area contributed by atoms with E-state index in [0.717, 1.165) is 59.3 Å². The lowest BCUT2D eigenvalue weighted by Gasteiger charge is -2.30. The normalized spacial score (nSPS) is 17.6. The minimum Gasteiger partial charge on any atom is -0.474 e. The molecule has 6 heterocycles. The maximum absolute atomic E-state index is 13.2. The van der Waals surface area contributed by atoms with Crippen LogP contribution in [0.15, 0.2) is 49.3 Å². The van der Waals surface area contributed by atoms with Gasteiger partial charge in [0.15, 0.2) is 0 Å². The van der Waals surface area contributed by atoms with Crippen LogP contribution in [-0.4, -0.2) is 70.5 Å². The van der Waals surface area contributed by atoms with Gasteiger partial charge in [0.25, 0.3) is 5.91 Å². The molecule has 11 nitrogen and oxygen atoms in total. The van der Waals surface area contributed by atoms with E-state index in [1.54, 1.807) is 18.9 Å². The van der Waals surface area contributed by atoms with Gasteiger partial charge < -0.3 is 24.5 Å². The molecule has 1 aliphatic heterocycles. The van der Waals surface area contributed by atoms with Gasteiger partial charge in [-0.15, -0.1) is 10.2 Å². The zero-order chi connectivity index (χ0) is 27.2. The second kappa shape index (κ2) is 10.1. The molecule has 0 aromatic carbocycles. The third kappa shape index (κ3) is 4.60. The number of ether oxygens (including phenoxy) is 1. The van der Waals surface area contributed by atoms with E-state index in [0.29, 0.717) is 37.1 Å². The second-order valence-corrected chi connectivity index (χ2v) is 11.1. The first-order valence-electron chi connectivity index (χ1n) is 14.0. The smallest absolute Gasteiger partial charge is 0.255 e. The van der Waals surface area contributed by atoms with E-state index in [2.05, 4.69) is 32.7 Å². The Morgan fingerprint density at radius 2 is 2.00 bits per heavy atom. The lowest BCUT2D eigenvalue weighted by molar-refractivity contribution is 0.0708. The Labute approximate surface area is 231 Å². The number of fused-ring (bicyclic) bond motifs is 2. The number of aryl methyl sites for hydroxylation is 1. The summed E-state index contributed by atoms with van der Waals surface area (Å²) < 4.78 is 12.2. The fourth-order valence-corrected chi connectivity index (χ4v) is 5.74. The summed E-state index contributed by atoms with van der Waals surface area (Å²) >= 11 is 0. The van der Waals surface area contributed by atoms with Crippen LogP contribution in [0.3, 0.4) is 0 Å². The molecule has 5 aromatic heterocycles. The molecule has 2 fully saturated rings. The zero-order valence-electron chi connectivity index (χ0n) is 22.6. The van der Waals surface area contributed by atoms with Gasteiger partial charge in [-0.1, -0.05) is 0 Å². The Hall–Kier alpha value is -4.25. The maximum atomic E-state index is 13.2. The van der Waals surface area contributed by atoms with Gasteiger partial charge in [0.1, 0.15) is 30.5 Å². The van der Waals surface area contributed by atoms with Crippen molar-refractivity contribution in [2.45, 2.75) is 51.7 Å². The van der Waals surface area contributed by atoms with Crippen molar-refractivity contribution in [2.75, 3.05) is 19.7 Å². The van der Waals surface area contributed by atoms with Crippen LogP contribution in [0.1, 0.15) is 41.6 Å². The van der Waals surface area contributed by atoms with Gasteiger partial charge in [-0.25, -0.2) is 9.50 Å². The number of aromatic nitrogens is 7. The van der Waals surface area contributed by atoms with Gasteiger partial charge in [-0.2, -0.15) is 5.10 Å². The molecule has 2 aliphatic rings. The van der Waals surface area contributed by atoms with Crippen molar-refractivity contribution >= 4 is 22.3 Å². The highest BCUT2D eigenvalue weighted by molar-refractivity contribution is 5.95. The fraction of sp³-hybridized carbons (Fsp3) is 0.414. The third-order valence-corrected chi connectivity index (χ3v) is 8.08. The Morgan fingerprint density at radius 3 is 2.80 bits per heavy atom. The van der Waals surface area contributed by atoms with Crippen LogP contribution < -0.4 is 10.5 Å². The number of hydrogen-bond donors (Lipinski definition) is 1. The third-order valence-electron chi connectivity index (χ3n) is 8.08. The molecule has 0 spiro atoms. The molecule has 40 heavy (non-hydrogen) atoms. The summed E-state index contributed by atoms with van der Waals surface area (Å²) in [7, 11) is 0. The fourth-order valence-electron chi connectivity index (χ4n) is 5.74. The number of pyridine rings is 2. The average molecular weight is 540 g/mol. The number of likely N-dealkylation sites (tertiary alicyclic amines) is 1. The molecule has 2 N–H and O–H groups in total. The highest BCUT2D eigenvalue weighted by Crippen LogP contribution is 2.39. The summed E-state index contributed by atoms with van der Waals surface area (Å²) in [6.45, 7) is 5.42. The highest BCUT2D eigenvalue weighted by Gasteiger charge is 2.28. The Kier molecular flexibility index (Phi) is 6.22. The van der Waals surface area contributed by atoms with E-state index >= 15 is 0 Å². The van der Waals surface area contributed by atoms with Crippen molar-refractivity contribution in [3.8, 4) is 17.3 Å². The number of piperidine rings is 1. The van der Waals surface area contributed by atoms with Gasteiger partial charge in [-0.05, 0) is 62.8 Å². The summed E-state index contributed by atoms with van der Waals surface area (Å²) in [5, 5.41) is 13.8. The molecular weight excluding hydrogens is 506 g/mol. The Bertz CT molecular complexity index is 1680. The van der Waals surface area contributed by atoms with Gasteiger partial charge in [-0.3, -0.25) is 4.79 Å². The molecule has 5 aromatic rings. The van der Waals surface area contributed by atoms with Crippen LogP contribution in [0.5, 0.6) is 5.88 Å². The molecule has 7 rings (SSSR count). The number of carbonyl (C=O) groups is 1. The molecule has 1 amide bonds. The summed E-state index contributed by atoms with van der Waals surface area (Å²) in [5.74, 6) is 1.26. The zero-order valence-corrected chi connectivity index (χ0v) is 22.6. The van der Waals surface area contributed by atoms with Crippen LogP contribution in [-0.2, 0) is 13.1 Å². The van der Waals surface area contributed by atoms with Crippen molar-refractivity contribution in [1.29, 1.82) is 0 Å². The monoisotopic (exact) mass is 539 g/mol. The Morgan fingerprint density at radius 1 is 1.15 bits per heavy atom. The van der Waals surface area contributed by atoms with Crippen LogP contribution >= 0.6 is 0 Å². The van der Waals surface area contributed by atoms with Crippen LogP contribution in [0.4, 0.5) is 0 Å². The van der Waals surface area contributed by atoms with E-state index < -0.39 is 0 Å². The molecule has 1 atom stereocenters. The van der Waals surface area contributed by atoms with Crippen molar-refractivity contribution in [2.24, 2.45) is 11.7 Å². The summed E-state index contributed by atoms with van der Waals surface area (Å²) in [5.41, 5.74) is 11.7. The predicted octanol–water partition coefficient (Wildman–Crippen LogP) is 3.30. The molecule has 0 bridgehead atoms. The van der Waals surface area contributed by atoms with Crippen molar-refractivity contribution < 1.29 is 9.53 Å². The lowest BCUT2D eigenvalue weighted by atomic mass is 10.1. The molecule has 1 aliphatic carbocycles. The SMILES string of the molecule is Cc1c(-c2cc3ccnc(OCCn4cnnc4)c3n2CC2CC2)nn2cc(C(=O)N3CCC[C@@H](N)C3)ccc12. The van der Waals surface area contributed by atoms with Crippen LogP contribution in [0.2, 0.25) is 0 Å². The van der Waals surface area contributed by atoms with Gasteiger partial charge in [0, 0.05) is 49.0 Å². The molecular formula is C29H33N9O2. The van der Waals surface area contributed by atoms with E-state index in [1.165, 1.54) is 12.8 Å². The van der Waals surface area contributed by atoms with E-state index in [4.69, 9.17) is 15.6 Å². The van der Waals surface area contributed by atoms with Gasteiger partial charge >= 0.3 is 0 Å². The topological polar surface area (TPSA) is 121 Å². The minimum atomic E-state index is 0.00828. The first-order valence-corrected chi connectivity index (χ1v) is 14.0. The summed E-state index contributed by atoms with van der Waals surface area (Å²) in [6, 6.07) is 8.15. The molecule has 0 radical (unpaired) electrons. The molecule has 206 valence electrons. The lowest BCUT2D eigenvalue weighted by Crippen LogP contribution is -2.45. The number of nitrogens with zero attached hydrogens (tertiary/aromatic N) is 8. The first kappa shape index (κ1) is 24.8. The number of carbonyl (C=O) groups excluding carboxylic acids is 1. The average Bonchev–Trinajstić information content (AvgIpc) is 3.33. The van der Waals surface area contributed by atoms with Crippen LogP contribution in [0, 0.1) is 12.8 Å². The van der Waals surface area contributed by atoms with Crippen LogP contribution in [0.25, 0.3) is 27.8 Å². The van der Waals surface area contributed by atoms with Crippen molar-refractivity contribution in [1.82, 2.24) is 38.8 Å². The van der Waals surface area contributed by atoms with Gasteiger partial charge in [0.05, 0.1) is 23.3 Å². The number of rotatable bonds is 8. The summed E-state index contributed by atoms with van der Waals surface area (Å²) in [4.78, 5) is 19.7. The second-order valence-electron chi connectivity index (χ2n) is 11.1. The van der Waals surface area contributed by atoms with E-state index in [1.807, 2.05) is 38.4 Å². The molecule has 11 heteroatoms. The molecule has 1 saturated carbocycles. The number of amides is 1. The van der Waals surface area contributed by atoms with Crippen molar-refractivity contribution in [3.05, 3.63) is 60.4 Å². The maximum Gasteiger partial charge on any atom is 0.255 e. The van der Waals surface area contributed by atoms with Gasteiger partial charge in [0.2, 0.25) is 5.88 Å². The quantitative estimate of drug-likeness (QED) is 0.321. The highest BCUT2D eigenvalue weighted by atomic mass is 16.5. The largest absolute Gasteiger partial charge is 0.474 e. The molecule has 1 saturated heterocycles. The number of nitrogens with two attached hydrogens (primary N) is 1. The standard InChI is InChI=1S/C29H33N9O2/c1-19-24-7-6-22(29(39)36-10-2-3-23(30)16-36)15-38(24)34-26(19)25-13-21-8-9-31-28(27(21)37(25)14-20-4-5-20)40-12-11-35-17-32-33-18-35/h6-9,13,15,17-18,20,23H,2-5,10-12,14,16,30H2,1H3/t23-/m1/s1. The van der Waals surface area contributed by atoms with Crippen molar-refractivity contribution in [3.63, 3.8) is 0 Å². The van der Waals surface area contributed by atoms with E-state index in [9.17, 15) is 4.79 Å². The first-order chi connectivity index (χ1) is 19.5. The Balaban J connectivity index is 1.25. The molecule has 0 unspecified atom stereocenters.